The summed E-state index contributed by atoms with van der Waals surface area (Å²) in [7, 11) is 0. The zero-order chi connectivity index (χ0) is 23.7. The highest BCUT2D eigenvalue weighted by Crippen LogP contribution is 2.30. The molecule has 0 aliphatic carbocycles. The van der Waals surface area contributed by atoms with Crippen molar-refractivity contribution >= 4 is 23.6 Å². The van der Waals surface area contributed by atoms with Gasteiger partial charge in [-0.1, -0.05) is 24.9 Å². The van der Waals surface area contributed by atoms with Crippen LogP contribution in [0.5, 0.6) is 11.5 Å². The molecule has 0 aromatic heterocycles. The Kier molecular flexibility index (Phi) is 12.3. The van der Waals surface area contributed by atoms with Crippen LogP contribution in [0.15, 0.2) is 83.6 Å². The predicted molar refractivity (Wildman–Crippen MR) is 133 cm³/mol. The lowest BCUT2D eigenvalue weighted by atomic mass is 10.3. The van der Waals surface area contributed by atoms with Crippen molar-refractivity contribution < 1.29 is 19.1 Å². The Morgan fingerprint density at radius 3 is 1.45 bits per heavy atom. The zero-order valence-electron chi connectivity index (χ0n) is 18.9. The highest BCUT2D eigenvalue weighted by Gasteiger charge is 2.01. The first-order valence-corrected chi connectivity index (χ1v) is 11.9. The van der Waals surface area contributed by atoms with Crippen molar-refractivity contribution in [3.05, 3.63) is 73.8 Å². The molecule has 0 atom stereocenters. The lowest BCUT2D eigenvalue weighted by molar-refractivity contribution is -0.117. The minimum absolute atomic E-state index is 0.144. The minimum atomic E-state index is -0.144. The molecular formula is C26H32N2O4S. The van der Waals surface area contributed by atoms with Gasteiger partial charge in [0.1, 0.15) is 11.5 Å². The second-order valence-electron chi connectivity index (χ2n) is 7.15. The molecule has 2 rings (SSSR count). The van der Waals surface area contributed by atoms with Gasteiger partial charge in [0, 0.05) is 22.9 Å². The Morgan fingerprint density at radius 1 is 0.697 bits per heavy atom. The van der Waals surface area contributed by atoms with Gasteiger partial charge >= 0.3 is 0 Å². The van der Waals surface area contributed by atoms with Gasteiger partial charge < -0.3 is 20.1 Å². The summed E-state index contributed by atoms with van der Waals surface area (Å²) in [5, 5.41) is 5.50. The van der Waals surface area contributed by atoms with Crippen LogP contribution in [0.4, 0.5) is 0 Å². The summed E-state index contributed by atoms with van der Waals surface area (Å²) in [6.07, 6.45) is 6.01. The van der Waals surface area contributed by atoms with E-state index in [4.69, 9.17) is 9.47 Å². The Morgan fingerprint density at radius 2 is 1.09 bits per heavy atom. The molecule has 0 heterocycles. The van der Waals surface area contributed by atoms with Crippen LogP contribution in [0, 0.1) is 0 Å². The van der Waals surface area contributed by atoms with Gasteiger partial charge in [-0.2, -0.15) is 0 Å². The number of carbonyl (C=O) groups excluding carboxylic acids is 2. The number of amides is 2. The average molecular weight is 469 g/mol. The third kappa shape index (κ3) is 11.3. The van der Waals surface area contributed by atoms with E-state index in [0.717, 1.165) is 47.0 Å². The van der Waals surface area contributed by atoms with Gasteiger partial charge in [-0.3, -0.25) is 9.59 Å². The molecule has 2 aromatic rings. The number of rotatable bonds is 16. The molecule has 2 aromatic carbocycles. The Hall–Kier alpha value is -3.19. The number of benzene rings is 2. The highest BCUT2D eigenvalue weighted by molar-refractivity contribution is 7.99. The summed E-state index contributed by atoms with van der Waals surface area (Å²) < 4.78 is 11.5. The molecule has 2 amide bonds. The average Bonchev–Trinajstić information content (AvgIpc) is 2.85. The topological polar surface area (TPSA) is 76.7 Å². The molecule has 0 fully saturated rings. The quantitative estimate of drug-likeness (QED) is 0.274. The van der Waals surface area contributed by atoms with E-state index in [2.05, 4.69) is 23.8 Å². The molecular weight excluding hydrogens is 436 g/mol. The number of carbonyl (C=O) groups is 2. The van der Waals surface area contributed by atoms with E-state index in [0.29, 0.717) is 26.3 Å². The van der Waals surface area contributed by atoms with Gasteiger partial charge in [0.2, 0.25) is 11.8 Å². The normalized spacial score (nSPS) is 10.2. The van der Waals surface area contributed by atoms with E-state index >= 15 is 0 Å². The summed E-state index contributed by atoms with van der Waals surface area (Å²) in [4.78, 5) is 24.4. The van der Waals surface area contributed by atoms with Crippen molar-refractivity contribution in [3.63, 3.8) is 0 Å². The minimum Gasteiger partial charge on any atom is -0.494 e. The van der Waals surface area contributed by atoms with Crippen molar-refractivity contribution in [2.45, 2.75) is 35.5 Å². The van der Waals surface area contributed by atoms with Crippen LogP contribution < -0.4 is 20.1 Å². The zero-order valence-corrected chi connectivity index (χ0v) is 19.7. The van der Waals surface area contributed by atoms with Crippen molar-refractivity contribution in [2.75, 3.05) is 26.3 Å². The summed E-state index contributed by atoms with van der Waals surface area (Å²) in [6, 6.07) is 16.0. The number of hydrogen-bond donors (Lipinski definition) is 2. The maximum Gasteiger partial charge on any atom is 0.243 e. The Bertz CT molecular complexity index is 809. The second-order valence-corrected chi connectivity index (χ2v) is 8.29. The van der Waals surface area contributed by atoms with Crippen LogP contribution in [0.3, 0.4) is 0 Å². The van der Waals surface area contributed by atoms with Crippen molar-refractivity contribution in [1.29, 1.82) is 0 Å². The third-order valence-corrected chi connectivity index (χ3v) is 5.55. The first-order valence-electron chi connectivity index (χ1n) is 11.0. The smallest absolute Gasteiger partial charge is 0.243 e. The third-order valence-electron chi connectivity index (χ3n) is 4.53. The van der Waals surface area contributed by atoms with Crippen LogP contribution in [-0.2, 0) is 9.59 Å². The fraction of sp³-hybridized carbons (Fsp3) is 0.308. The fourth-order valence-electron chi connectivity index (χ4n) is 2.75. The SMILES string of the molecule is C=CC(=O)NCCCCOc1ccc(Sc2ccc(OCCCCNC(=O)C=C)cc2)cc1. The molecule has 2 N–H and O–H groups in total. The maximum atomic E-state index is 11.1. The van der Waals surface area contributed by atoms with E-state index in [1.54, 1.807) is 11.8 Å². The largest absolute Gasteiger partial charge is 0.494 e. The van der Waals surface area contributed by atoms with E-state index in [1.807, 2.05) is 48.5 Å². The van der Waals surface area contributed by atoms with Crippen molar-refractivity contribution in [2.24, 2.45) is 0 Å². The number of unbranched alkanes of at least 4 members (excludes halogenated alkanes) is 2. The fourth-order valence-corrected chi connectivity index (χ4v) is 3.56. The molecule has 0 spiro atoms. The van der Waals surface area contributed by atoms with E-state index in [1.165, 1.54) is 12.2 Å². The summed E-state index contributed by atoms with van der Waals surface area (Å²) >= 11 is 1.68. The summed E-state index contributed by atoms with van der Waals surface area (Å²) in [6.45, 7) is 9.32. The molecule has 0 radical (unpaired) electrons. The first kappa shape index (κ1) is 26.1. The van der Waals surface area contributed by atoms with Gasteiger partial charge in [0.25, 0.3) is 0 Å². The van der Waals surface area contributed by atoms with Crippen LogP contribution in [0.1, 0.15) is 25.7 Å². The monoisotopic (exact) mass is 468 g/mol. The lowest BCUT2D eigenvalue weighted by Gasteiger charge is -2.09. The van der Waals surface area contributed by atoms with Crippen LogP contribution >= 0.6 is 11.8 Å². The standard InChI is InChI=1S/C26H32N2O4S/c1-3-25(29)27-17-5-7-19-31-21-9-13-23(14-10-21)33-24-15-11-22(12-16-24)32-20-8-6-18-28-26(30)4-2/h3-4,9-16H,1-2,5-8,17-20H2,(H,27,29)(H,28,30). The first-order chi connectivity index (χ1) is 16.1. The van der Waals surface area contributed by atoms with Crippen LogP contribution in [0.2, 0.25) is 0 Å². The highest BCUT2D eigenvalue weighted by atomic mass is 32.2. The molecule has 176 valence electrons. The van der Waals surface area contributed by atoms with Gasteiger partial charge in [0.05, 0.1) is 13.2 Å². The summed E-state index contributed by atoms with van der Waals surface area (Å²) in [5.74, 6) is 1.38. The number of ether oxygens (including phenoxy) is 2. The molecule has 0 aliphatic rings. The lowest BCUT2D eigenvalue weighted by Crippen LogP contribution is -2.22. The molecule has 0 unspecified atom stereocenters. The number of nitrogens with one attached hydrogen (secondary N) is 2. The Labute approximate surface area is 200 Å². The van der Waals surface area contributed by atoms with Gasteiger partial charge in [0.15, 0.2) is 0 Å². The van der Waals surface area contributed by atoms with Crippen molar-refractivity contribution in [1.82, 2.24) is 10.6 Å². The maximum absolute atomic E-state index is 11.1. The van der Waals surface area contributed by atoms with E-state index < -0.39 is 0 Å². The molecule has 0 bridgehead atoms. The van der Waals surface area contributed by atoms with Gasteiger partial charge in [-0.05, 0) is 86.4 Å². The molecule has 0 aliphatic heterocycles. The number of hydrogen-bond acceptors (Lipinski definition) is 5. The van der Waals surface area contributed by atoms with Gasteiger partial charge in [-0.15, -0.1) is 0 Å². The van der Waals surface area contributed by atoms with E-state index in [-0.39, 0.29) is 11.8 Å². The molecule has 33 heavy (non-hydrogen) atoms. The van der Waals surface area contributed by atoms with E-state index in [9.17, 15) is 9.59 Å². The predicted octanol–water partition coefficient (Wildman–Crippen LogP) is 4.76. The van der Waals surface area contributed by atoms with Crippen molar-refractivity contribution in [3.8, 4) is 11.5 Å². The molecule has 0 saturated heterocycles. The molecule has 6 nitrogen and oxygen atoms in total. The summed E-state index contributed by atoms with van der Waals surface area (Å²) in [5.41, 5.74) is 0. The molecule has 0 saturated carbocycles. The van der Waals surface area contributed by atoms with Gasteiger partial charge in [-0.25, -0.2) is 0 Å². The van der Waals surface area contributed by atoms with Crippen LogP contribution in [-0.4, -0.2) is 38.1 Å². The second kappa shape index (κ2) is 15.6. The Balaban J connectivity index is 1.63. The molecule has 7 heteroatoms. The van der Waals surface area contributed by atoms with Crippen LogP contribution in [0.25, 0.3) is 0 Å².